The minimum absolute atomic E-state index is 0.0299. The number of rotatable bonds is 4. The van der Waals surface area contributed by atoms with Crippen LogP contribution in [0.4, 0.5) is 16.0 Å². The molecule has 0 spiro atoms. The van der Waals surface area contributed by atoms with Gasteiger partial charge in [0, 0.05) is 23.3 Å². The number of anilines is 2. The van der Waals surface area contributed by atoms with Gasteiger partial charge in [-0.2, -0.15) is 10.2 Å². The van der Waals surface area contributed by atoms with Crippen LogP contribution in [0.25, 0.3) is 11.0 Å². The maximum Gasteiger partial charge on any atom is 0.270 e. The topological polar surface area (TPSA) is 86.8 Å². The second-order valence-electron chi connectivity index (χ2n) is 9.19. The van der Waals surface area contributed by atoms with Gasteiger partial charge in [0.15, 0.2) is 0 Å². The lowest BCUT2D eigenvalue weighted by molar-refractivity contribution is 0.253. The van der Waals surface area contributed by atoms with E-state index in [1.165, 1.54) is 6.07 Å². The molecule has 2 aromatic heterocycles. The van der Waals surface area contributed by atoms with E-state index in [9.17, 15) is 14.4 Å². The molecular weight excluding hydrogens is 419 g/mol. The average molecular weight is 447 g/mol. The van der Waals surface area contributed by atoms with E-state index >= 15 is 0 Å². The van der Waals surface area contributed by atoms with Gasteiger partial charge < -0.3 is 10.2 Å². The number of piperidine rings is 1. The molecule has 170 valence electrons. The van der Waals surface area contributed by atoms with Crippen LogP contribution in [0.3, 0.4) is 0 Å². The van der Waals surface area contributed by atoms with Crippen LogP contribution < -0.4 is 10.9 Å². The van der Waals surface area contributed by atoms with Crippen LogP contribution in [0.1, 0.15) is 61.6 Å². The summed E-state index contributed by atoms with van der Waals surface area (Å²) in [7, 11) is 2.09. The number of nitrogens with one attached hydrogen (secondary N) is 1. The summed E-state index contributed by atoms with van der Waals surface area (Å²) in [6, 6.07) is 8.77. The van der Waals surface area contributed by atoms with E-state index in [0.717, 1.165) is 57.2 Å². The highest BCUT2D eigenvalue weighted by Crippen LogP contribution is 2.32. The van der Waals surface area contributed by atoms with Crippen molar-refractivity contribution in [3.05, 3.63) is 57.8 Å². The van der Waals surface area contributed by atoms with E-state index in [1.54, 1.807) is 16.8 Å². The quantitative estimate of drug-likeness (QED) is 0.636. The predicted molar refractivity (Wildman–Crippen MR) is 125 cm³/mol. The summed E-state index contributed by atoms with van der Waals surface area (Å²) in [6.45, 7) is 1.95. The Hall–Kier alpha value is -3.31. The van der Waals surface area contributed by atoms with Crippen molar-refractivity contribution in [2.75, 3.05) is 25.5 Å². The van der Waals surface area contributed by atoms with E-state index in [0.29, 0.717) is 22.7 Å². The minimum atomic E-state index is -0.310. The van der Waals surface area contributed by atoms with Crippen molar-refractivity contribution in [3.8, 4) is 6.07 Å². The largest absolute Gasteiger partial charge is 0.324 e. The maximum atomic E-state index is 14.9. The molecule has 3 heterocycles. The molecule has 0 amide bonds. The average Bonchev–Trinajstić information content (AvgIpc) is 3.34. The molecule has 7 nitrogen and oxygen atoms in total. The molecule has 1 aromatic carbocycles. The summed E-state index contributed by atoms with van der Waals surface area (Å²) in [5, 5.41) is 13.1. The van der Waals surface area contributed by atoms with Crippen LogP contribution in [0.5, 0.6) is 0 Å². The van der Waals surface area contributed by atoms with Crippen LogP contribution in [-0.4, -0.2) is 39.6 Å². The number of likely N-dealkylation sites (tertiary alicyclic amines) is 1. The lowest BCUT2D eigenvalue weighted by atomic mass is 9.89. The lowest BCUT2D eigenvalue weighted by Gasteiger charge is -2.29. The molecule has 1 saturated heterocycles. The molecule has 0 atom stereocenters. The zero-order valence-corrected chi connectivity index (χ0v) is 18.7. The van der Waals surface area contributed by atoms with Gasteiger partial charge in [-0.05, 0) is 75.5 Å². The van der Waals surface area contributed by atoms with E-state index in [4.69, 9.17) is 0 Å². The molecule has 1 aliphatic heterocycles. The Bertz CT molecular complexity index is 1280. The highest BCUT2D eigenvalue weighted by atomic mass is 19.1. The van der Waals surface area contributed by atoms with Gasteiger partial charge in [-0.1, -0.05) is 18.9 Å². The van der Waals surface area contributed by atoms with Crippen LogP contribution in [0.15, 0.2) is 35.3 Å². The molecule has 2 fully saturated rings. The van der Waals surface area contributed by atoms with Gasteiger partial charge in [0.1, 0.15) is 23.1 Å². The van der Waals surface area contributed by atoms with Crippen LogP contribution in [0, 0.1) is 17.1 Å². The fourth-order valence-electron chi connectivity index (χ4n) is 5.15. The SMILES string of the molecule is CN1CCC(c2ccc(Nc3ncc4cc(C#N)c(=O)n(C5CCCC5)c4n3)cc2F)CC1. The fourth-order valence-corrected chi connectivity index (χ4v) is 5.15. The van der Waals surface area contributed by atoms with Crippen molar-refractivity contribution >= 4 is 22.7 Å². The zero-order chi connectivity index (χ0) is 22.9. The smallest absolute Gasteiger partial charge is 0.270 e. The van der Waals surface area contributed by atoms with Gasteiger partial charge in [0.25, 0.3) is 5.56 Å². The Morgan fingerprint density at radius 1 is 1.15 bits per heavy atom. The number of aromatic nitrogens is 3. The third kappa shape index (κ3) is 4.21. The number of nitrogens with zero attached hydrogens (tertiary/aromatic N) is 5. The zero-order valence-electron chi connectivity index (χ0n) is 18.7. The predicted octanol–water partition coefficient (Wildman–Crippen LogP) is 4.47. The minimum Gasteiger partial charge on any atom is -0.324 e. The summed E-state index contributed by atoms with van der Waals surface area (Å²) in [4.78, 5) is 24.2. The Kier molecular flexibility index (Phi) is 5.81. The van der Waals surface area contributed by atoms with Crippen LogP contribution in [0.2, 0.25) is 0 Å². The molecular formula is C25H27FN6O. The monoisotopic (exact) mass is 446 g/mol. The van der Waals surface area contributed by atoms with E-state index in [2.05, 4.69) is 27.2 Å². The van der Waals surface area contributed by atoms with Gasteiger partial charge in [-0.15, -0.1) is 0 Å². The van der Waals surface area contributed by atoms with Gasteiger partial charge in [-0.25, -0.2) is 9.37 Å². The third-order valence-corrected chi connectivity index (χ3v) is 7.00. The number of halogens is 1. The second kappa shape index (κ2) is 8.91. The highest BCUT2D eigenvalue weighted by molar-refractivity contribution is 5.77. The molecule has 3 aromatic rings. The van der Waals surface area contributed by atoms with Crippen molar-refractivity contribution in [3.63, 3.8) is 0 Å². The lowest BCUT2D eigenvalue weighted by Crippen LogP contribution is -2.29. The first-order valence-electron chi connectivity index (χ1n) is 11.6. The Morgan fingerprint density at radius 3 is 2.61 bits per heavy atom. The summed E-state index contributed by atoms with van der Waals surface area (Å²) in [6.07, 6.45) is 7.40. The van der Waals surface area contributed by atoms with Crippen LogP contribution >= 0.6 is 0 Å². The first-order valence-corrected chi connectivity index (χ1v) is 11.6. The van der Waals surface area contributed by atoms with Crippen molar-refractivity contribution in [1.82, 2.24) is 19.4 Å². The molecule has 2 aliphatic rings. The number of benzene rings is 1. The number of pyridine rings is 1. The van der Waals surface area contributed by atoms with Crippen molar-refractivity contribution < 1.29 is 4.39 Å². The third-order valence-electron chi connectivity index (χ3n) is 7.00. The summed E-state index contributed by atoms with van der Waals surface area (Å²) in [5.41, 5.74) is 1.62. The molecule has 1 saturated carbocycles. The molecule has 0 bridgehead atoms. The van der Waals surface area contributed by atoms with E-state index in [1.807, 2.05) is 18.2 Å². The molecule has 0 radical (unpaired) electrons. The van der Waals surface area contributed by atoms with Gasteiger partial charge >= 0.3 is 0 Å². The molecule has 33 heavy (non-hydrogen) atoms. The highest BCUT2D eigenvalue weighted by Gasteiger charge is 2.23. The molecule has 0 unspecified atom stereocenters. The fraction of sp³-hybridized carbons (Fsp3) is 0.440. The number of nitriles is 1. The first kappa shape index (κ1) is 21.5. The van der Waals surface area contributed by atoms with E-state index < -0.39 is 0 Å². The van der Waals surface area contributed by atoms with Crippen molar-refractivity contribution in [1.29, 1.82) is 5.26 Å². The van der Waals surface area contributed by atoms with Gasteiger partial charge in [0.05, 0.1) is 0 Å². The molecule has 5 rings (SSSR count). The number of fused-ring (bicyclic) bond motifs is 1. The first-order chi connectivity index (χ1) is 16.0. The summed E-state index contributed by atoms with van der Waals surface area (Å²) in [5.74, 6) is 0.309. The molecule has 8 heteroatoms. The summed E-state index contributed by atoms with van der Waals surface area (Å²) >= 11 is 0. The number of hydrogen-bond donors (Lipinski definition) is 1. The van der Waals surface area contributed by atoms with Gasteiger partial charge in [0.2, 0.25) is 5.95 Å². The van der Waals surface area contributed by atoms with Crippen molar-refractivity contribution in [2.45, 2.75) is 50.5 Å². The normalized spacial score (nSPS) is 18.0. The van der Waals surface area contributed by atoms with Crippen LogP contribution in [-0.2, 0) is 0 Å². The van der Waals surface area contributed by atoms with E-state index in [-0.39, 0.29) is 28.9 Å². The molecule has 1 aliphatic carbocycles. The summed E-state index contributed by atoms with van der Waals surface area (Å²) < 4.78 is 16.6. The second-order valence-corrected chi connectivity index (χ2v) is 9.19. The van der Waals surface area contributed by atoms with Crippen molar-refractivity contribution in [2.24, 2.45) is 0 Å². The maximum absolute atomic E-state index is 14.9. The Morgan fingerprint density at radius 2 is 1.91 bits per heavy atom. The standard InChI is InChI=1S/C25H27FN6O/c1-31-10-8-16(9-11-31)21-7-6-19(13-22(21)26)29-25-28-15-18-12-17(14-27)24(33)32(23(18)30-25)20-4-2-3-5-20/h6-7,12-13,15-16,20H,2-5,8-11H2,1H3,(H,28,29,30). The van der Waals surface area contributed by atoms with Gasteiger partial charge in [-0.3, -0.25) is 9.36 Å². The molecule has 1 N–H and O–H groups in total. The number of hydrogen-bond acceptors (Lipinski definition) is 6. The Balaban J connectivity index is 1.46. The Labute approximate surface area is 191 Å².